The third-order valence-corrected chi connectivity index (χ3v) is 10.5. The van der Waals surface area contributed by atoms with E-state index in [0.29, 0.717) is 11.4 Å². The van der Waals surface area contributed by atoms with Crippen LogP contribution in [0.3, 0.4) is 0 Å². The number of nitrogens with zero attached hydrogens (tertiary/aromatic N) is 3. The molecule has 0 spiro atoms. The lowest BCUT2D eigenvalue weighted by molar-refractivity contribution is 1.18. The van der Waals surface area contributed by atoms with Crippen LogP contribution < -0.4 is 0 Å². The molecule has 0 saturated carbocycles. The number of aromatic nitrogens is 2. The fourth-order valence-electron chi connectivity index (χ4n) is 7.72. The van der Waals surface area contributed by atoms with E-state index in [9.17, 15) is 5.26 Å². The maximum Gasteiger partial charge on any atom is 0.160 e. The van der Waals surface area contributed by atoms with Crippen molar-refractivity contribution in [3.05, 3.63) is 194 Å². The zero-order valence-electron chi connectivity index (χ0n) is 29.2. The van der Waals surface area contributed by atoms with Crippen LogP contribution in [0.2, 0.25) is 0 Å². The third-order valence-electron chi connectivity index (χ3n) is 10.5. The second-order valence-electron chi connectivity index (χ2n) is 13.7. The second-order valence-corrected chi connectivity index (χ2v) is 13.7. The number of benzene rings is 9. The van der Waals surface area contributed by atoms with Gasteiger partial charge in [0.2, 0.25) is 0 Å². The standard InChI is InChI=1S/C51H31N3/c52-32-33-14-16-36(17-15-33)48-31-49(54-51(53-48)38-9-2-1-3-10-38)37-20-18-34(19-21-37)39-22-23-41-29-43(25-24-40(41)28-39)50-45-13-7-5-11-42(45)30-47-44-12-6-4-8-35(44)26-27-46(47)50/h1-31H. The van der Waals surface area contributed by atoms with Gasteiger partial charge < -0.3 is 0 Å². The van der Waals surface area contributed by atoms with Gasteiger partial charge in [-0.2, -0.15) is 5.26 Å². The molecule has 0 aliphatic carbocycles. The molecule has 1 heterocycles. The molecular weight excluding hydrogens is 655 g/mol. The Labute approximate surface area is 313 Å². The summed E-state index contributed by atoms with van der Waals surface area (Å²) >= 11 is 0. The van der Waals surface area contributed by atoms with Crippen molar-refractivity contribution in [3.63, 3.8) is 0 Å². The Balaban J connectivity index is 1.01. The van der Waals surface area contributed by atoms with Crippen molar-refractivity contribution in [2.24, 2.45) is 0 Å². The highest BCUT2D eigenvalue weighted by molar-refractivity contribution is 6.20. The smallest absolute Gasteiger partial charge is 0.160 e. The molecule has 0 unspecified atom stereocenters. The van der Waals surface area contributed by atoms with Crippen molar-refractivity contribution in [1.82, 2.24) is 9.97 Å². The second kappa shape index (κ2) is 13.0. The highest BCUT2D eigenvalue weighted by Crippen LogP contribution is 2.40. The lowest BCUT2D eigenvalue weighted by Crippen LogP contribution is -1.96. The van der Waals surface area contributed by atoms with E-state index in [1.165, 1.54) is 54.2 Å². The summed E-state index contributed by atoms with van der Waals surface area (Å²) in [4.78, 5) is 9.92. The van der Waals surface area contributed by atoms with Gasteiger partial charge in [0, 0.05) is 16.7 Å². The SMILES string of the molecule is N#Cc1ccc(-c2cc(-c3ccc(-c4ccc5cc(-c6c7ccccc7cc7c6ccc6ccccc67)ccc5c4)cc3)nc(-c3ccccc3)n2)cc1. The molecule has 1 aromatic heterocycles. The summed E-state index contributed by atoms with van der Waals surface area (Å²) in [6.07, 6.45) is 0. The highest BCUT2D eigenvalue weighted by Gasteiger charge is 2.14. The molecule has 250 valence electrons. The number of hydrogen-bond acceptors (Lipinski definition) is 3. The van der Waals surface area contributed by atoms with Gasteiger partial charge in [-0.3, -0.25) is 0 Å². The van der Waals surface area contributed by atoms with E-state index in [-0.39, 0.29) is 0 Å². The Morgan fingerprint density at radius 3 is 1.61 bits per heavy atom. The molecule has 0 radical (unpaired) electrons. The predicted octanol–water partition coefficient (Wildman–Crippen LogP) is 13.3. The summed E-state index contributed by atoms with van der Waals surface area (Å²) in [7, 11) is 0. The highest BCUT2D eigenvalue weighted by atomic mass is 14.9. The van der Waals surface area contributed by atoms with Crippen molar-refractivity contribution < 1.29 is 0 Å². The van der Waals surface area contributed by atoms with Crippen LogP contribution in [0.15, 0.2) is 188 Å². The van der Waals surface area contributed by atoms with Crippen LogP contribution in [0.4, 0.5) is 0 Å². The molecule has 0 aliphatic heterocycles. The zero-order valence-corrected chi connectivity index (χ0v) is 29.2. The summed E-state index contributed by atoms with van der Waals surface area (Å²) in [5.41, 5.74) is 9.97. The summed E-state index contributed by atoms with van der Waals surface area (Å²) in [5.74, 6) is 0.662. The molecule has 54 heavy (non-hydrogen) atoms. The molecule has 0 saturated heterocycles. The molecule has 0 aliphatic rings. The molecule has 0 fully saturated rings. The first-order valence-electron chi connectivity index (χ1n) is 18.1. The van der Waals surface area contributed by atoms with Gasteiger partial charge in [-0.15, -0.1) is 0 Å². The van der Waals surface area contributed by atoms with Crippen LogP contribution in [-0.4, -0.2) is 9.97 Å². The van der Waals surface area contributed by atoms with Gasteiger partial charge >= 0.3 is 0 Å². The van der Waals surface area contributed by atoms with E-state index in [2.05, 4.69) is 133 Å². The Kier molecular flexibility index (Phi) is 7.53. The lowest BCUT2D eigenvalue weighted by atomic mass is 9.89. The minimum atomic E-state index is 0.619. The predicted molar refractivity (Wildman–Crippen MR) is 224 cm³/mol. The van der Waals surface area contributed by atoms with Gasteiger partial charge in [0.25, 0.3) is 0 Å². The molecule has 3 heteroatoms. The Morgan fingerprint density at radius 2 is 0.889 bits per heavy atom. The first-order valence-corrected chi connectivity index (χ1v) is 18.1. The molecule has 0 amide bonds. The van der Waals surface area contributed by atoms with Gasteiger partial charge in [0.1, 0.15) is 0 Å². The van der Waals surface area contributed by atoms with Crippen LogP contribution in [0.5, 0.6) is 0 Å². The molecule has 0 atom stereocenters. The van der Waals surface area contributed by atoms with Gasteiger partial charge in [-0.1, -0.05) is 152 Å². The quantitative estimate of drug-likeness (QED) is 0.134. The molecule has 10 aromatic rings. The minimum absolute atomic E-state index is 0.619. The van der Waals surface area contributed by atoms with Crippen molar-refractivity contribution >= 4 is 43.1 Å². The first-order chi connectivity index (χ1) is 26.7. The summed E-state index contributed by atoms with van der Waals surface area (Å²) < 4.78 is 0. The normalized spacial score (nSPS) is 11.3. The first kappa shape index (κ1) is 31.3. The molecular formula is C51H31N3. The average molecular weight is 686 g/mol. The van der Waals surface area contributed by atoms with E-state index in [1.54, 1.807) is 0 Å². The monoisotopic (exact) mass is 685 g/mol. The fraction of sp³-hybridized carbons (Fsp3) is 0. The van der Waals surface area contributed by atoms with Gasteiger partial charge in [-0.25, -0.2) is 9.97 Å². The summed E-state index contributed by atoms with van der Waals surface area (Å²) in [5, 5.41) is 19.3. The van der Waals surface area contributed by atoms with Crippen molar-refractivity contribution in [2.75, 3.05) is 0 Å². The number of rotatable bonds is 5. The maximum atomic E-state index is 9.31. The fourth-order valence-corrected chi connectivity index (χ4v) is 7.72. The van der Waals surface area contributed by atoms with Crippen molar-refractivity contribution in [1.29, 1.82) is 5.26 Å². The minimum Gasteiger partial charge on any atom is -0.228 e. The molecule has 10 rings (SSSR count). The average Bonchev–Trinajstić information content (AvgIpc) is 3.25. The van der Waals surface area contributed by atoms with Gasteiger partial charge in [0.15, 0.2) is 5.82 Å². The van der Waals surface area contributed by atoms with E-state index in [0.717, 1.165) is 39.2 Å². The van der Waals surface area contributed by atoms with Crippen molar-refractivity contribution in [2.45, 2.75) is 0 Å². The topological polar surface area (TPSA) is 49.6 Å². The van der Waals surface area contributed by atoms with Gasteiger partial charge in [0.05, 0.1) is 23.0 Å². The maximum absolute atomic E-state index is 9.31. The van der Waals surface area contributed by atoms with Crippen LogP contribution in [0.25, 0.3) is 99.2 Å². The van der Waals surface area contributed by atoms with Crippen LogP contribution >= 0.6 is 0 Å². The Morgan fingerprint density at radius 1 is 0.333 bits per heavy atom. The molecule has 3 nitrogen and oxygen atoms in total. The van der Waals surface area contributed by atoms with Crippen molar-refractivity contribution in [3.8, 4) is 62.2 Å². The van der Waals surface area contributed by atoms with Crippen LogP contribution in [0, 0.1) is 11.3 Å². The van der Waals surface area contributed by atoms with E-state index >= 15 is 0 Å². The van der Waals surface area contributed by atoms with E-state index < -0.39 is 0 Å². The number of hydrogen-bond donors (Lipinski definition) is 0. The zero-order chi connectivity index (χ0) is 36.0. The number of fused-ring (bicyclic) bond motifs is 5. The van der Waals surface area contributed by atoms with Crippen LogP contribution in [-0.2, 0) is 0 Å². The Hall–Kier alpha value is -7.41. The summed E-state index contributed by atoms with van der Waals surface area (Å²) in [6, 6.07) is 68.3. The largest absolute Gasteiger partial charge is 0.228 e. The van der Waals surface area contributed by atoms with Gasteiger partial charge in [-0.05, 0) is 102 Å². The number of nitriles is 1. The van der Waals surface area contributed by atoms with Crippen LogP contribution in [0.1, 0.15) is 5.56 Å². The summed E-state index contributed by atoms with van der Waals surface area (Å²) in [6.45, 7) is 0. The van der Waals surface area contributed by atoms with E-state index in [1.807, 2.05) is 60.7 Å². The molecule has 9 aromatic carbocycles. The Bertz CT molecular complexity index is 3080. The molecule has 0 bridgehead atoms. The van der Waals surface area contributed by atoms with E-state index in [4.69, 9.17) is 9.97 Å². The third kappa shape index (κ3) is 5.55. The lowest BCUT2D eigenvalue weighted by Gasteiger charge is -2.15. The molecule has 0 N–H and O–H groups in total.